The van der Waals surface area contributed by atoms with Crippen molar-refractivity contribution in [1.29, 1.82) is 0 Å². The lowest BCUT2D eigenvalue weighted by molar-refractivity contribution is -0.154. The number of fused-ring (bicyclic) bond motifs is 1. The summed E-state index contributed by atoms with van der Waals surface area (Å²) in [6.07, 6.45) is 0.152. The fourth-order valence-electron chi connectivity index (χ4n) is 8.45. The Morgan fingerprint density at radius 3 is 2.07 bits per heavy atom. The van der Waals surface area contributed by atoms with E-state index in [0.717, 1.165) is 20.8 Å². The standard InChI is InChI=1S/C46H48N10O8S2Si/c1-46(2,29-47-39(58)37(31-18-10-5-11-19-31)48-44(63)55-25-24-54(41(59)42(55)60)27-30-16-8-4-9-17-30)67(32-20-12-6-13-21-32,33-22-14-7-15-23-33)64-50-40-34(28-65-45-49-51-52-53(45)3)38(43(61)62)56-35(57)26-36(56)66-40/h4-23,36-37,40,50H,24-29H2,1-3H3,(H,47,58)(H,48,63)(H,61,62)/t36-,37?,40?/m1/s1. The molecule has 4 heterocycles. The van der Waals surface area contributed by atoms with Gasteiger partial charge in [-0.3, -0.25) is 29.0 Å². The van der Waals surface area contributed by atoms with E-state index < -0.39 is 59.9 Å². The molecule has 5 aromatic rings. The average Bonchev–Trinajstić information content (AvgIpc) is 3.75. The predicted octanol–water partition coefficient (Wildman–Crippen LogP) is 2.77. The van der Waals surface area contributed by atoms with Gasteiger partial charge in [-0.2, -0.15) is 5.48 Å². The topological polar surface area (TPSA) is 221 Å². The highest BCUT2D eigenvalue weighted by atomic mass is 32.2. The molecule has 3 aliphatic rings. The number of nitrogens with zero attached hydrogens (tertiary/aromatic N) is 7. The van der Waals surface area contributed by atoms with E-state index in [0.29, 0.717) is 16.3 Å². The number of aromatic nitrogens is 4. The number of benzene rings is 4. The van der Waals surface area contributed by atoms with Crippen molar-refractivity contribution in [3.63, 3.8) is 0 Å². The summed E-state index contributed by atoms with van der Waals surface area (Å²) in [5.74, 6) is -3.83. The number of piperazine rings is 1. The number of rotatable bonds is 17. The van der Waals surface area contributed by atoms with Crippen LogP contribution in [0.3, 0.4) is 0 Å². The molecular weight excluding hydrogens is 913 g/mol. The first-order valence-electron chi connectivity index (χ1n) is 21.4. The zero-order valence-electron chi connectivity index (χ0n) is 36.8. The van der Waals surface area contributed by atoms with Gasteiger partial charge in [0, 0.05) is 49.6 Å². The molecule has 0 spiro atoms. The van der Waals surface area contributed by atoms with Gasteiger partial charge in [0.25, 0.3) is 8.32 Å². The number of carboxylic acids is 1. The number of hydrogen-bond donors (Lipinski definition) is 4. The number of aryl methyl sites for hydroxylation is 1. The Labute approximate surface area is 395 Å². The van der Waals surface area contributed by atoms with E-state index in [1.807, 2.05) is 105 Å². The maximum Gasteiger partial charge on any atom is 0.352 e. The minimum absolute atomic E-state index is 0.0130. The number of carbonyl (C=O) groups is 6. The molecule has 0 radical (unpaired) electrons. The van der Waals surface area contributed by atoms with Crippen molar-refractivity contribution in [2.24, 2.45) is 7.05 Å². The summed E-state index contributed by atoms with van der Waals surface area (Å²) in [7, 11) is -1.99. The summed E-state index contributed by atoms with van der Waals surface area (Å²) < 4.78 is 8.70. The lowest BCUT2D eigenvalue weighted by atomic mass is 10.1. The molecule has 2 fully saturated rings. The Balaban J connectivity index is 1.08. The molecule has 6 amide bonds. The van der Waals surface area contributed by atoms with Crippen LogP contribution in [0.4, 0.5) is 4.79 Å². The van der Waals surface area contributed by atoms with Crippen LogP contribution in [0.15, 0.2) is 138 Å². The van der Waals surface area contributed by atoms with Crippen LogP contribution in [0.1, 0.15) is 37.4 Å². The van der Waals surface area contributed by atoms with Crippen molar-refractivity contribution in [2.45, 2.75) is 53.8 Å². The van der Waals surface area contributed by atoms with Gasteiger partial charge >= 0.3 is 23.8 Å². The molecule has 3 atom stereocenters. The van der Waals surface area contributed by atoms with Crippen LogP contribution in [0.2, 0.25) is 5.04 Å². The Bertz CT molecular complexity index is 2640. The first kappa shape index (κ1) is 46.9. The summed E-state index contributed by atoms with van der Waals surface area (Å²) in [5.41, 5.74) is 4.88. The Morgan fingerprint density at radius 2 is 1.49 bits per heavy atom. The Kier molecular flexibility index (Phi) is 14.0. The number of hydroxylamine groups is 1. The Hall–Kier alpha value is -6.65. The van der Waals surface area contributed by atoms with Gasteiger partial charge in [-0.05, 0) is 31.9 Å². The molecule has 0 saturated carbocycles. The predicted molar refractivity (Wildman–Crippen MR) is 251 cm³/mol. The van der Waals surface area contributed by atoms with Gasteiger partial charge in [-0.15, -0.1) is 16.9 Å². The second-order valence-electron chi connectivity index (χ2n) is 16.7. The number of carbonyl (C=O) groups excluding carboxylic acids is 5. The van der Waals surface area contributed by atoms with Gasteiger partial charge in [-0.1, -0.05) is 147 Å². The maximum absolute atomic E-state index is 14.6. The summed E-state index contributed by atoms with van der Waals surface area (Å²) in [6.45, 7) is 4.23. The smallest absolute Gasteiger partial charge is 0.352 e. The molecule has 346 valence electrons. The van der Waals surface area contributed by atoms with Crippen LogP contribution in [0.25, 0.3) is 0 Å². The van der Waals surface area contributed by atoms with Gasteiger partial charge < -0.3 is 25.2 Å². The molecule has 18 nitrogen and oxygen atoms in total. The van der Waals surface area contributed by atoms with Crippen LogP contribution in [-0.2, 0) is 42.1 Å². The molecule has 0 bridgehead atoms. The van der Waals surface area contributed by atoms with Crippen molar-refractivity contribution in [1.82, 2.24) is 51.0 Å². The Morgan fingerprint density at radius 1 is 0.881 bits per heavy atom. The highest BCUT2D eigenvalue weighted by molar-refractivity contribution is 8.01. The number of hydrogen-bond acceptors (Lipinski definition) is 13. The third kappa shape index (κ3) is 9.63. The van der Waals surface area contributed by atoms with Crippen LogP contribution in [0, 0.1) is 0 Å². The second-order valence-corrected chi connectivity index (χ2v) is 23.0. The van der Waals surface area contributed by atoms with Crippen molar-refractivity contribution in [3.05, 3.63) is 144 Å². The molecule has 4 aromatic carbocycles. The average molecular weight is 961 g/mol. The lowest BCUT2D eigenvalue weighted by Gasteiger charge is -2.49. The van der Waals surface area contributed by atoms with Gasteiger partial charge in [0.1, 0.15) is 17.1 Å². The molecule has 0 aliphatic carbocycles. The SMILES string of the molecule is Cn1nnnc1SCC1=C(C(=O)O)N2C(=O)C[C@H]2SC1NO[Si](c1ccccc1)(c1ccccc1)C(C)(C)CNC(=O)C(NC(=O)N1CCN(Cc2ccccc2)C(=O)C1=O)c1ccccc1. The van der Waals surface area contributed by atoms with E-state index in [1.54, 1.807) is 37.4 Å². The van der Waals surface area contributed by atoms with Gasteiger partial charge in [0.15, 0.2) is 0 Å². The second kappa shape index (κ2) is 20.1. The highest BCUT2D eigenvalue weighted by Gasteiger charge is 2.55. The van der Waals surface area contributed by atoms with E-state index >= 15 is 0 Å². The number of nitrogens with one attached hydrogen (secondary N) is 3. The largest absolute Gasteiger partial charge is 0.477 e. The van der Waals surface area contributed by atoms with Crippen molar-refractivity contribution < 1.29 is 38.4 Å². The molecule has 3 aliphatic heterocycles. The first-order chi connectivity index (χ1) is 32.3. The molecule has 21 heteroatoms. The third-order valence-electron chi connectivity index (χ3n) is 12.0. The molecular formula is C46H48N10O8S2Si. The zero-order valence-corrected chi connectivity index (χ0v) is 39.4. The van der Waals surface area contributed by atoms with E-state index in [9.17, 15) is 33.9 Å². The molecule has 2 unspecified atom stereocenters. The summed E-state index contributed by atoms with van der Waals surface area (Å²) in [5, 5.41) is 28.1. The fourth-order valence-corrected chi connectivity index (χ4v) is 15.3. The quantitative estimate of drug-likeness (QED) is 0.0347. The minimum atomic E-state index is -3.66. The normalized spacial score (nSPS) is 18.0. The first-order valence-corrected chi connectivity index (χ1v) is 25.2. The number of imide groups is 1. The molecule has 8 rings (SSSR count). The van der Waals surface area contributed by atoms with Crippen LogP contribution < -0.4 is 26.5 Å². The number of thioether (sulfide) groups is 2. The van der Waals surface area contributed by atoms with Crippen LogP contribution in [-0.4, -0.2) is 120 Å². The minimum Gasteiger partial charge on any atom is -0.477 e. The molecule has 67 heavy (non-hydrogen) atoms. The number of tetrazole rings is 1. The van der Waals surface area contributed by atoms with Gasteiger partial charge in [-0.25, -0.2) is 14.3 Å². The van der Waals surface area contributed by atoms with Crippen molar-refractivity contribution in [3.8, 4) is 0 Å². The molecule has 1 aromatic heterocycles. The molecule has 4 N–H and O–H groups in total. The van der Waals surface area contributed by atoms with Crippen molar-refractivity contribution >= 4 is 77.8 Å². The molecule has 2 saturated heterocycles. The number of carboxylic acid groups (broad SMARTS) is 1. The maximum atomic E-state index is 14.6. The van der Waals surface area contributed by atoms with E-state index in [2.05, 4.69) is 31.6 Å². The van der Waals surface area contributed by atoms with Crippen LogP contribution in [0.5, 0.6) is 0 Å². The van der Waals surface area contributed by atoms with Crippen molar-refractivity contribution in [2.75, 3.05) is 25.4 Å². The monoisotopic (exact) mass is 960 g/mol. The summed E-state index contributed by atoms with van der Waals surface area (Å²) in [4.78, 5) is 84.5. The summed E-state index contributed by atoms with van der Waals surface area (Å²) in [6, 6.07) is 34.9. The lowest BCUT2D eigenvalue weighted by Crippen LogP contribution is -2.71. The highest BCUT2D eigenvalue weighted by Crippen LogP contribution is 2.45. The zero-order chi connectivity index (χ0) is 47.3. The third-order valence-corrected chi connectivity index (χ3v) is 19.2. The van der Waals surface area contributed by atoms with E-state index in [-0.39, 0.29) is 50.0 Å². The number of amides is 6. The van der Waals surface area contributed by atoms with Crippen LogP contribution >= 0.6 is 23.5 Å². The fraction of sp³-hybridized carbons (Fsp3) is 0.283. The number of urea groups is 1. The number of β-lactam (4-membered cyclic amide) rings is 1. The number of aliphatic carboxylic acids is 1. The van der Waals surface area contributed by atoms with E-state index in [4.69, 9.17) is 4.53 Å². The van der Waals surface area contributed by atoms with Gasteiger partial charge in [0.2, 0.25) is 17.0 Å². The van der Waals surface area contributed by atoms with E-state index in [1.165, 1.54) is 38.0 Å². The van der Waals surface area contributed by atoms with Gasteiger partial charge in [0.05, 0.1) is 11.8 Å². The summed E-state index contributed by atoms with van der Waals surface area (Å²) >= 11 is 2.59.